The zero-order valence-corrected chi connectivity index (χ0v) is 15.7. The predicted molar refractivity (Wildman–Crippen MR) is 109 cm³/mol. The number of rotatable bonds is 5. The monoisotopic (exact) mass is 376 g/mol. The zero-order valence-electron chi connectivity index (χ0n) is 15.7. The number of likely N-dealkylation sites (tertiary alicyclic amines) is 1. The maximum absolute atomic E-state index is 12.6. The average molecular weight is 376 g/mol. The van der Waals surface area contributed by atoms with E-state index in [9.17, 15) is 9.59 Å². The molecule has 2 amide bonds. The molecule has 1 aliphatic rings. The van der Waals surface area contributed by atoms with Crippen LogP contribution in [0.25, 0.3) is 16.6 Å². The lowest BCUT2D eigenvalue weighted by Crippen LogP contribution is -2.49. The number of hydrogen-bond acceptors (Lipinski definition) is 3. The molecule has 6 nitrogen and oxygen atoms in total. The van der Waals surface area contributed by atoms with Crippen molar-refractivity contribution in [2.75, 3.05) is 19.6 Å². The summed E-state index contributed by atoms with van der Waals surface area (Å²) in [6.07, 6.45) is 3.89. The fourth-order valence-corrected chi connectivity index (χ4v) is 3.89. The zero-order chi connectivity index (χ0) is 19.5. The molecule has 0 saturated carbocycles. The van der Waals surface area contributed by atoms with E-state index in [-0.39, 0.29) is 24.4 Å². The molecule has 28 heavy (non-hydrogen) atoms. The third kappa shape index (κ3) is 3.92. The predicted octanol–water partition coefficient (Wildman–Crippen LogP) is 2.31. The van der Waals surface area contributed by atoms with Crippen LogP contribution in [-0.4, -0.2) is 47.0 Å². The Morgan fingerprint density at radius 1 is 1.07 bits per heavy atom. The maximum Gasteiger partial charge on any atom is 0.251 e. The van der Waals surface area contributed by atoms with Crippen molar-refractivity contribution in [1.29, 1.82) is 0 Å². The van der Waals surface area contributed by atoms with E-state index in [1.54, 1.807) is 0 Å². The molecule has 1 aromatic heterocycles. The van der Waals surface area contributed by atoms with Crippen LogP contribution in [-0.2, 0) is 4.79 Å². The first-order valence-electron chi connectivity index (χ1n) is 9.58. The van der Waals surface area contributed by atoms with Crippen LogP contribution < -0.4 is 11.1 Å². The Morgan fingerprint density at radius 3 is 2.64 bits per heavy atom. The summed E-state index contributed by atoms with van der Waals surface area (Å²) in [7, 11) is 0. The highest BCUT2D eigenvalue weighted by Gasteiger charge is 2.22. The summed E-state index contributed by atoms with van der Waals surface area (Å²) >= 11 is 0. The minimum atomic E-state index is -0.333. The fraction of sp³-hybridized carbons (Fsp3) is 0.273. The van der Waals surface area contributed by atoms with Gasteiger partial charge in [0.05, 0.1) is 12.1 Å². The van der Waals surface area contributed by atoms with Crippen molar-refractivity contribution in [3.63, 3.8) is 0 Å². The van der Waals surface area contributed by atoms with Gasteiger partial charge in [0.2, 0.25) is 5.91 Å². The molecule has 0 spiro atoms. The highest BCUT2D eigenvalue weighted by molar-refractivity contribution is 5.94. The molecule has 0 radical (unpaired) electrons. The van der Waals surface area contributed by atoms with Crippen molar-refractivity contribution in [2.24, 2.45) is 5.73 Å². The molecule has 4 rings (SSSR count). The van der Waals surface area contributed by atoms with Gasteiger partial charge >= 0.3 is 0 Å². The molecular formula is C22H24N4O2. The summed E-state index contributed by atoms with van der Waals surface area (Å²) in [6, 6.07) is 17.9. The Morgan fingerprint density at radius 2 is 1.86 bits per heavy atom. The van der Waals surface area contributed by atoms with Gasteiger partial charge in [-0.1, -0.05) is 18.2 Å². The lowest BCUT2D eigenvalue weighted by molar-refractivity contribution is -0.119. The molecule has 2 heterocycles. The third-order valence-corrected chi connectivity index (χ3v) is 5.23. The lowest BCUT2D eigenvalue weighted by atomic mass is 10.0. The van der Waals surface area contributed by atoms with Gasteiger partial charge in [0.15, 0.2) is 0 Å². The Hall–Kier alpha value is -3.12. The first-order valence-corrected chi connectivity index (χ1v) is 9.58. The molecule has 144 valence electrons. The molecule has 0 bridgehead atoms. The molecule has 1 unspecified atom stereocenters. The number of benzene rings is 2. The highest BCUT2D eigenvalue weighted by atomic mass is 16.2. The average Bonchev–Trinajstić information content (AvgIpc) is 3.12. The van der Waals surface area contributed by atoms with Crippen LogP contribution in [0.5, 0.6) is 0 Å². The first kappa shape index (κ1) is 18.3. The van der Waals surface area contributed by atoms with E-state index in [1.165, 1.54) is 5.39 Å². The van der Waals surface area contributed by atoms with Crippen molar-refractivity contribution in [3.05, 3.63) is 66.4 Å². The van der Waals surface area contributed by atoms with E-state index in [4.69, 9.17) is 5.73 Å². The van der Waals surface area contributed by atoms with Gasteiger partial charge in [-0.3, -0.25) is 14.5 Å². The van der Waals surface area contributed by atoms with Crippen LogP contribution >= 0.6 is 0 Å². The highest BCUT2D eigenvalue weighted by Crippen LogP contribution is 2.20. The number of aromatic nitrogens is 1. The standard InChI is InChI=1S/C22H24N4O2/c23-21(27)15-25-12-3-5-18(14-25)24-22(28)17-7-9-19(10-8-17)26-13-11-16-4-1-2-6-20(16)26/h1-2,4,6-11,13,18H,3,5,12,14-15H2,(H2,23,27)(H,24,28). The molecule has 6 heteroatoms. The van der Waals surface area contributed by atoms with Gasteiger partial charge in [-0.05, 0) is 61.2 Å². The van der Waals surface area contributed by atoms with Crippen LogP contribution in [0, 0.1) is 0 Å². The van der Waals surface area contributed by atoms with Gasteiger partial charge in [-0.25, -0.2) is 0 Å². The van der Waals surface area contributed by atoms with E-state index in [0.717, 1.165) is 30.6 Å². The van der Waals surface area contributed by atoms with Gasteiger partial charge in [0, 0.05) is 30.0 Å². The van der Waals surface area contributed by atoms with Gasteiger partial charge in [-0.15, -0.1) is 0 Å². The summed E-state index contributed by atoms with van der Waals surface area (Å²) in [5, 5.41) is 4.27. The van der Waals surface area contributed by atoms with Crippen LogP contribution in [0.4, 0.5) is 0 Å². The van der Waals surface area contributed by atoms with E-state index in [1.807, 2.05) is 47.5 Å². The van der Waals surface area contributed by atoms with Crippen LogP contribution in [0.2, 0.25) is 0 Å². The molecule has 1 fully saturated rings. The number of fused-ring (bicyclic) bond motifs is 1. The van der Waals surface area contributed by atoms with Crippen LogP contribution in [0.3, 0.4) is 0 Å². The molecule has 1 saturated heterocycles. The van der Waals surface area contributed by atoms with Crippen molar-refractivity contribution < 1.29 is 9.59 Å². The van der Waals surface area contributed by atoms with Crippen LogP contribution in [0.1, 0.15) is 23.2 Å². The van der Waals surface area contributed by atoms with Gasteiger partial charge in [0.1, 0.15) is 0 Å². The number of hydrogen-bond donors (Lipinski definition) is 2. The van der Waals surface area contributed by atoms with Gasteiger partial charge < -0.3 is 15.6 Å². The van der Waals surface area contributed by atoms with Crippen molar-refractivity contribution in [1.82, 2.24) is 14.8 Å². The largest absolute Gasteiger partial charge is 0.369 e. The van der Waals surface area contributed by atoms with Gasteiger partial charge in [-0.2, -0.15) is 0 Å². The third-order valence-electron chi connectivity index (χ3n) is 5.23. The van der Waals surface area contributed by atoms with Crippen molar-refractivity contribution >= 4 is 22.7 Å². The molecule has 1 atom stereocenters. The molecule has 2 aromatic carbocycles. The number of nitrogens with two attached hydrogens (primary N) is 1. The SMILES string of the molecule is NC(=O)CN1CCCC(NC(=O)c2ccc(-n3ccc4ccccc43)cc2)C1. The summed E-state index contributed by atoms with van der Waals surface area (Å²) in [5.74, 6) is -0.421. The van der Waals surface area contributed by atoms with Crippen molar-refractivity contribution in [3.8, 4) is 5.69 Å². The second kappa shape index (κ2) is 7.86. The fourth-order valence-electron chi connectivity index (χ4n) is 3.89. The smallest absolute Gasteiger partial charge is 0.251 e. The Bertz CT molecular complexity index is 993. The Balaban J connectivity index is 1.43. The minimum Gasteiger partial charge on any atom is -0.369 e. The quantitative estimate of drug-likeness (QED) is 0.717. The van der Waals surface area contributed by atoms with E-state index in [2.05, 4.69) is 28.1 Å². The first-order chi connectivity index (χ1) is 13.6. The molecule has 3 N–H and O–H groups in total. The summed E-state index contributed by atoms with van der Waals surface area (Å²) in [6.45, 7) is 1.74. The number of primary amides is 1. The number of carbonyl (C=O) groups is 2. The number of nitrogens with one attached hydrogen (secondary N) is 1. The molecule has 1 aliphatic heterocycles. The number of nitrogens with zero attached hydrogens (tertiary/aromatic N) is 2. The number of para-hydroxylation sites is 1. The molecule has 0 aliphatic carbocycles. The Kier molecular flexibility index (Phi) is 5.12. The molecular weight excluding hydrogens is 352 g/mol. The van der Waals surface area contributed by atoms with E-state index < -0.39 is 0 Å². The van der Waals surface area contributed by atoms with Crippen LogP contribution in [0.15, 0.2) is 60.8 Å². The number of carbonyl (C=O) groups excluding carboxylic acids is 2. The summed E-state index contributed by atoms with van der Waals surface area (Å²) in [4.78, 5) is 25.7. The molecule has 3 aromatic rings. The maximum atomic E-state index is 12.6. The number of piperidine rings is 1. The number of amides is 2. The van der Waals surface area contributed by atoms with Crippen molar-refractivity contribution in [2.45, 2.75) is 18.9 Å². The normalized spacial score (nSPS) is 17.5. The van der Waals surface area contributed by atoms with E-state index in [0.29, 0.717) is 12.1 Å². The minimum absolute atomic E-state index is 0.0358. The second-order valence-electron chi connectivity index (χ2n) is 7.31. The lowest BCUT2D eigenvalue weighted by Gasteiger charge is -2.32. The topological polar surface area (TPSA) is 80.4 Å². The Labute approximate surface area is 163 Å². The summed E-state index contributed by atoms with van der Waals surface area (Å²) in [5.41, 5.74) is 8.06. The second-order valence-corrected chi connectivity index (χ2v) is 7.31. The van der Waals surface area contributed by atoms with E-state index >= 15 is 0 Å². The summed E-state index contributed by atoms with van der Waals surface area (Å²) < 4.78 is 2.11. The van der Waals surface area contributed by atoms with Gasteiger partial charge in [0.25, 0.3) is 5.91 Å².